The van der Waals surface area contributed by atoms with Gasteiger partial charge in [0.15, 0.2) is 5.78 Å². The molecule has 178 valence electrons. The molecule has 0 saturated heterocycles. The summed E-state index contributed by atoms with van der Waals surface area (Å²) in [5.74, 6) is 0.897. The first-order valence-corrected chi connectivity index (χ1v) is 11.7. The Labute approximate surface area is 200 Å². The van der Waals surface area contributed by atoms with E-state index in [0.29, 0.717) is 23.8 Å². The Balaban J connectivity index is 1.70. The summed E-state index contributed by atoms with van der Waals surface area (Å²) >= 11 is 0. The van der Waals surface area contributed by atoms with E-state index in [-0.39, 0.29) is 39.5 Å². The van der Waals surface area contributed by atoms with Crippen molar-refractivity contribution in [3.63, 3.8) is 0 Å². The number of carbonyl (C=O) groups excluding carboxylic acids is 1. The second-order valence-corrected chi connectivity index (χ2v) is 10.2. The quantitative estimate of drug-likeness (QED) is 0.155. The van der Waals surface area contributed by atoms with E-state index in [4.69, 9.17) is 4.74 Å². The van der Waals surface area contributed by atoms with Crippen LogP contribution in [0.25, 0.3) is 6.08 Å². The van der Waals surface area contributed by atoms with Gasteiger partial charge < -0.3 is 9.84 Å². The molecule has 2 aliphatic rings. The molecule has 0 spiro atoms. The molecule has 6 nitrogen and oxygen atoms in total. The minimum absolute atomic E-state index is 0.0457. The van der Waals surface area contributed by atoms with E-state index < -0.39 is 4.92 Å². The zero-order chi connectivity index (χ0) is 24.7. The number of ether oxygens (including phenoxy) is 1. The van der Waals surface area contributed by atoms with Crippen molar-refractivity contribution >= 4 is 17.5 Å². The zero-order valence-corrected chi connectivity index (χ0v) is 19.9. The van der Waals surface area contributed by atoms with Crippen LogP contribution < -0.4 is 4.74 Å². The number of rotatable bonds is 8. The van der Waals surface area contributed by atoms with E-state index in [2.05, 4.69) is 27.4 Å². The normalized spacial score (nSPS) is 24.9. The number of nitro benzene ring substituents is 1. The predicted molar refractivity (Wildman–Crippen MR) is 132 cm³/mol. The van der Waals surface area contributed by atoms with Gasteiger partial charge in [0.25, 0.3) is 5.69 Å². The highest BCUT2D eigenvalue weighted by molar-refractivity contribution is 6.08. The molecule has 2 aliphatic carbocycles. The van der Waals surface area contributed by atoms with Crippen LogP contribution in [0.1, 0.15) is 67.4 Å². The third-order valence-electron chi connectivity index (χ3n) is 8.43. The molecule has 34 heavy (non-hydrogen) atoms. The first-order valence-electron chi connectivity index (χ1n) is 11.7. The van der Waals surface area contributed by atoms with E-state index in [9.17, 15) is 20.0 Å². The topological polar surface area (TPSA) is 89.7 Å². The zero-order valence-electron chi connectivity index (χ0n) is 19.9. The van der Waals surface area contributed by atoms with Gasteiger partial charge in [0, 0.05) is 18.2 Å². The van der Waals surface area contributed by atoms with Crippen molar-refractivity contribution in [3.05, 3.63) is 81.9 Å². The predicted octanol–water partition coefficient (Wildman–Crippen LogP) is 6.69. The van der Waals surface area contributed by atoms with Gasteiger partial charge in [-0.1, -0.05) is 51.6 Å². The van der Waals surface area contributed by atoms with Crippen LogP contribution in [-0.4, -0.2) is 22.4 Å². The van der Waals surface area contributed by atoms with Crippen LogP contribution in [-0.2, 0) is 0 Å². The van der Waals surface area contributed by atoms with Crippen molar-refractivity contribution < 1.29 is 19.6 Å². The van der Waals surface area contributed by atoms with Crippen LogP contribution in [0.2, 0.25) is 0 Å². The number of hydrogen-bond acceptors (Lipinski definition) is 5. The molecule has 6 heteroatoms. The molecule has 3 unspecified atom stereocenters. The van der Waals surface area contributed by atoms with Crippen LogP contribution >= 0.6 is 0 Å². The first-order chi connectivity index (χ1) is 16.1. The molecule has 2 aromatic rings. The summed E-state index contributed by atoms with van der Waals surface area (Å²) in [5, 5.41) is 21.7. The second kappa shape index (κ2) is 8.75. The summed E-state index contributed by atoms with van der Waals surface area (Å²) in [6.45, 7) is 11.0. The van der Waals surface area contributed by atoms with Crippen LogP contribution in [0, 0.1) is 26.9 Å². The molecule has 0 amide bonds. The van der Waals surface area contributed by atoms with Crippen molar-refractivity contribution in [1.29, 1.82) is 0 Å². The summed E-state index contributed by atoms with van der Waals surface area (Å²) in [7, 11) is 0. The van der Waals surface area contributed by atoms with E-state index >= 15 is 0 Å². The molecule has 2 aromatic carbocycles. The Morgan fingerprint density at radius 2 is 2.06 bits per heavy atom. The van der Waals surface area contributed by atoms with Gasteiger partial charge in [-0.15, -0.1) is 0 Å². The lowest BCUT2D eigenvalue weighted by Gasteiger charge is -2.40. The summed E-state index contributed by atoms with van der Waals surface area (Å²) in [6, 6.07) is 9.37. The van der Waals surface area contributed by atoms with E-state index in [1.165, 1.54) is 36.8 Å². The molecule has 0 radical (unpaired) electrons. The lowest BCUT2D eigenvalue weighted by Crippen LogP contribution is -2.31. The highest BCUT2D eigenvalue weighted by Crippen LogP contribution is 2.71. The number of non-ortho nitro benzene ring substituents is 1. The number of benzene rings is 2. The molecule has 4 rings (SSSR count). The maximum atomic E-state index is 13.1. The fourth-order valence-electron chi connectivity index (χ4n) is 6.01. The van der Waals surface area contributed by atoms with Gasteiger partial charge >= 0.3 is 0 Å². The molecule has 0 aromatic heterocycles. The maximum absolute atomic E-state index is 13.1. The van der Waals surface area contributed by atoms with Crippen molar-refractivity contribution in [3.8, 4) is 11.5 Å². The summed E-state index contributed by atoms with van der Waals surface area (Å²) < 4.78 is 5.93. The molecule has 0 aliphatic heterocycles. The monoisotopic (exact) mass is 461 g/mol. The van der Waals surface area contributed by atoms with Crippen LogP contribution in [0.15, 0.2) is 55.1 Å². The molecule has 2 bridgehead atoms. The summed E-state index contributed by atoms with van der Waals surface area (Å²) in [4.78, 5) is 23.6. The lowest BCUT2D eigenvalue weighted by molar-refractivity contribution is -0.384. The molecule has 0 heterocycles. The second-order valence-electron chi connectivity index (χ2n) is 10.2. The molecular formula is C28H31NO5. The fraction of sp³-hybridized carbons (Fsp3) is 0.393. The number of phenols is 1. The maximum Gasteiger partial charge on any atom is 0.270 e. The Hall–Kier alpha value is -3.41. The number of hydrogen-bond donors (Lipinski definition) is 1. The fourth-order valence-corrected chi connectivity index (χ4v) is 6.01. The van der Waals surface area contributed by atoms with Gasteiger partial charge in [0.05, 0.1) is 10.5 Å². The highest BCUT2D eigenvalue weighted by Gasteiger charge is 2.61. The number of phenolic OH excluding ortho intramolecular Hbond substituents is 1. The van der Waals surface area contributed by atoms with Gasteiger partial charge in [-0.05, 0) is 65.2 Å². The van der Waals surface area contributed by atoms with Gasteiger partial charge in [-0.3, -0.25) is 14.9 Å². The number of fused-ring (bicyclic) bond motifs is 2. The highest BCUT2D eigenvalue weighted by atomic mass is 16.6. The van der Waals surface area contributed by atoms with Crippen molar-refractivity contribution in [2.75, 3.05) is 6.61 Å². The third-order valence-corrected chi connectivity index (χ3v) is 8.43. The number of carbonyl (C=O) groups is 1. The third kappa shape index (κ3) is 3.91. The molecular weight excluding hydrogens is 430 g/mol. The molecule has 1 N–H and O–H groups in total. The molecule has 2 saturated carbocycles. The lowest BCUT2D eigenvalue weighted by atomic mass is 9.65. The van der Waals surface area contributed by atoms with Gasteiger partial charge in [0.1, 0.15) is 18.1 Å². The van der Waals surface area contributed by atoms with Gasteiger partial charge in [0.2, 0.25) is 0 Å². The smallest absolute Gasteiger partial charge is 0.270 e. The SMILES string of the molecule is C=CCOc1cc(O)c(C(=O)/C=C/c2cccc([N+](=O)[O-])c2)cc1C1CC2CCC1(C)C2(C)C. The largest absolute Gasteiger partial charge is 0.507 e. The number of aromatic hydroxyl groups is 1. The Kier molecular flexibility index (Phi) is 6.11. The average Bonchev–Trinajstić information content (AvgIpc) is 3.15. The minimum atomic E-state index is -0.476. The first kappa shape index (κ1) is 23.7. The van der Waals surface area contributed by atoms with E-state index in [1.807, 2.05) is 0 Å². The van der Waals surface area contributed by atoms with Crippen molar-refractivity contribution in [1.82, 2.24) is 0 Å². The van der Waals surface area contributed by atoms with E-state index in [1.54, 1.807) is 24.3 Å². The summed E-state index contributed by atoms with van der Waals surface area (Å²) in [5.41, 5.74) is 1.89. The van der Waals surface area contributed by atoms with Crippen LogP contribution in [0.5, 0.6) is 11.5 Å². The van der Waals surface area contributed by atoms with Crippen LogP contribution in [0.4, 0.5) is 5.69 Å². The minimum Gasteiger partial charge on any atom is -0.507 e. The van der Waals surface area contributed by atoms with Crippen LogP contribution in [0.3, 0.4) is 0 Å². The molecule has 2 fully saturated rings. The summed E-state index contributed by atoms with van der Waals surface area (Å²) in [6.07, 6.45) is 7.88. The number of ketones is 1. The Morgan fingerprint density at radius 1 is 1.29 bits per heavy atom. The Morgan fingerprint density at radius 3 is 2.68 bits per heavy atom. The number of nitro groups is 1. The van der Waals surface area contributed by atoms with Gasteiger partial charge in [-0.25, -0.2) is 0 Å². The number of nitrogens with zero attached hydrogens (tertiary/aromatic N) is 1. The Bertz CT molecular complexity index is 1180. The van der Waals surface area contributed by atoms with E-state index in [0.717, 1.165) is 18.4 Å². The average molecular weight is 462 g/mol. The number of allylic oxidation sites excluding steroid dienone is 1. The van der Waals surface area contributed by atoms with Crippen molar-refractivity contribution in [2.24, 2.45) is 16.7 Å². The molecule has 3 atom stereocenters. The van der Waals surface area contributed by atoms with Crippen molar-refractivity contribution in [2.45, 2.75) is 46.0 Å². The standard InChI is InChI=1S/C28H31NO5/c1-5-13-34-26-17-25(31)22(24(30)10-9-18-7-6-8-20(14-18)29(32)33)16-21(26)23-15-19-11-12-28(23,4)27(19,2)3/h5-10,14,16-17,19,23,31H,1,11-13,15H2,2-4H3/b10-9+. The van der Waals surface area contributed by atoms with Gasteiger partial charge in [-0.2, -0.15) is 0 Å².